The third-order valence-electron chi connectivity index (χ3n) is 12.4. The molecule has 12 heteroatoms. The van der Waals surface area contributed by atoms with Gasteiger partial charge in [0.25, 0.3) is 0 Å². The Kier molecular flexibility index (Phi) is 9.26. The van der Waals surface area contributed by atoms with Gasteiger partial charge >= 0.3 is 11.8 Å². The maximum Gasteiger partial charge on any atom is 0.315 e. The predicted molar refractivity (Wildman–Crippen MR) is 217 cm³/mol. The molecule has 0 radical (unpaired) electrons. The molecule has 5 heterocycles. The standard InChI is InChI=1S/C45H48N8O4/c1-24-18-29(11-12-33(24)25(2)48-42(56)43-51-44(52-57-43)45(3,4)5)39-38-35-13-10-28(21-36(35)49-40(38)47-23-46-39)30-16-17-53(22-30)32-19-31(20-32)26-6-8-27(9-7-26)34-14-15-37(54)50-41(34)55/h6-13,18,21,23,25,30-32,34H,14-17,19-20,22H2,1-5H3,(H,48,56)(H,46,47,49)(H,50,54,55)/t25-,30?,31?,32?,34+/m1/s1. The first-order chi connectivity index (χ1) is 27.4. The number of carbonyl (C=O) groups excluding carboxylic acids is 3. The normalized spacial score (nSPS) is 22.1. The van der Waals surface area contributed by atoms with Crippen LogP contribution in [0.3, 0.4) is 0 Å². The van der Waals surface area contributed by atoms with Crippen molar-refractivity contribution in [2.75, 3.05) is 13.1 Å². The SMILES string of the molecule is Cc1cc(-c2ncnc3[nH]c4cc(C5CCN(C6CC(c7ccc([C@@H]8CCC(=O)NC8=O)cc7)C6)C5)ccc4c23)ccc1[C@@H](C)NC(=O)c1nc(C(C)(C)C)no1. The predicted octanol–water partition coefficient (Wildman–Crippen LogP) is 7.51. The molecule has 0 bridgehead atoms. The number of benzene rings is 3. The number of aryl methyl sites for hydroxylation is 1. The Morgan fingerprint density at radius 2 is 1.72 bits per heavy atom. The average Bonchev–Trinajstić information content (AvgIpc) is 3.94. The Hall–Kier alpha value is -5.75. The summed E-state index contributed by atoms with van der Waals surface area (Å²) in [6.45, 7) is 12.1. The van der Waals surface area contributed by atoms with E-state index in [0.29, 0.717) is 36.5 Å². The number of piperidine rings is 1. The number of nitrogens with zero attached hydrogens (tertiary/aromatic N) is 5. The lowest BCUT2D eigenvalue weighted by atomic mass is 9.74. The summed E-state index contributed by atoms with van der Waals surface area (Å²) in [5, 5.41) is 11.6. The van der Waals surface area contributed by atoms with E-state index >= 15 is 0 Å². The van der Waals surface area contributed by atoms with Crippen molar-refractivity contribution < 1.29 is 18.9 Å². The van der Waals surface area contributed by atoms with Gasteiger partial charge in [0.05, 0.1) is 23.0 Å². The number of H-pyrrole nitrogens is 1. The number of hydrogen-bond donors (Lipinski definition) is 3. The van der Waals surface area contributed by atoms with Gasteiger partial charge in [0.15, 0.2) is 5.82 Å². The molecule has 3 aromatic carbocycles. The van der Waals surface area contributed by atoms with E-state index in [0.717, 1.165) is 82.2 Å². The van der Waals surface area contributed by atoms with Crippen molar-refractivity contribution in [1.29, 1.82) is 0 Å². The summed E-state index contributed by atoms with van der Waals surface area (Å²) in [4.78, 5) is 56.8. The number of imide groups is 1. The molecule has 3 aliphatic rings. The van der Waals surface area contributed by atoms with Crippen LogP contribution in [0.25, 0.3) is 33.2 Å². The number of fused-ring (bicyclic) bond motifs is 3. The van der Waals surface area contributed by atoms with Crippen molar-refractivity contribution in [2.24, 2.45) is 0 Å². The number of amides is 3. The zero-order valence-electron chi connectivity index (χ0n) is 33.1. The quantitative estimate of drug-likeness (QED) is 0.133. The van der Waals surface area contributed by atoms with Crippen molar-refractivity contribution in [3.8, 4) is 11.3 Å². The number of carbonyl (C=O) groups is 3. The monoisotopic (exact) mass is 764 g/mol. The van der Waals surface area contributed by atoms with Crippen LogP contribution in [0.15, 0.2) is 71.5 Å². The van der Waals surface area contributed by atoms with Crippen molar-refractivity contribution >= 4 is 39.7 Å². The van der Waals surface area contributed by atoms with E-state index in [-0.39, 0.29) is 35.1 Å². The van der Waals surface area contributed by atoms with Gasteiger partial charge in [-0.3, -0.25) is 24.6 Å². The topological polar surface area (TPSA) is 159 Å². The van der Waals surface area contributed by atoms with Crippen LogP contribution >= 0.6 is 0 Å². The molecular formula is C45H48N8O4. The zero-order chi connectivity index (χ0) is 39.6. The number of rotatable bonds is 8. The molecule has 1 unspecified atom stereocenters. The van der Waals surface area contributed by atoms with E-state index in [1.54, 1.807) is 6.33 Å². The number of hydrogen-bond acceptors (Lipinski definition) is 9. The molecular weight excluding hydrogens is 717 g/mol. The molecule has 3 atom stereocenters. The Morgan fingerprint density at radius 3 is 2.46 bits per heavy atom. The molecule has 292 valence electrons. The van der Waals surface area contributed by atoms with Gasteiger partial charge in [-0.2, -0.15) is 4.98 Å². The van der Waals surface area contributed by atoms with Crippen LogP contribution in [0.4, 0.5) is 0 Å². The fourth-order valence-corrected chi connectivity index (χ4v) is 9.05. The molecule has 2 aliphatic heterocycles. The second kappa shape index (κ2) is 14.3. The van der Waals surface area contributed by atoms with E-state index in [2.05, 4.69) is 90.2 Å². The van der Waals surface area contributed by atoms with Gasteiger partial charge in [0.2, 0.25) is 11.8 Å². The lowest BCUT2D eigenvalue weighted by Gasteiger charge is -2.42. The molecule has 3 N–H and O–H groups in total. The van der Waals surface area contributed by atoms with E-state index in [9.17, 15) is 14.4 Å². The second-order valence-corrected chi connectivity index (χ2v) is 17.3. The summed E-state index contributed by atoms with van der Waals surface area (Å²) in [5.41, 5.74) is 9.09. The minimum Gasteiger partial charge on any atom is -0.341 e. The minimum absolute atomic E-state index is 0.0433. The number of nitrogens with one attached hydrogen (secondary N) is 3. The third kappa shape index (κ3) is 7.00. The number of aromatic nitrogens is 5. The van der Waals surface area contributed by atoms with Crippen LogP contribution in [-0.4, -0.2) is 66.8 Å². The van der Waals surface area contributed by atoms with Crippen molar-refractivity contribution in [1.82, 2.24) is 40.6 Å². The summed E-state index contributed by atoms with van der Waals surface area (Å²) < 4.78 is 5.25. The summed E-state index contributed by atoms with van der Waals surface area (Å²) in [5.74, 6) is 0.456. The Balaban J connectivity index is 0.853. The number of likely N-dealkylation sites (tertiary alicyclic amines) is 1. The summed E-state index contributed by atoms with van der Waals surface area (Å²) >= 11 is 0. The lowest BCUT2D eigenvalue weighted by molar-refractivity contribution is -0.134. The third-order valence-corrected chi connectivity index (χ3v) is 12.4. The molecule has 3 amide bonds. The Labute approximate surface area is 331 Å². The molecule has 6 aromatic rings. The lowest BCUT2D eigenvalue weighted by Crippen LogP contribution is -2.42. The first-order valence-corrected chi connectivity index (χ1v) is 20.1. The fraction of sp³-hybridized carbons (Fsp3) is 0.400. The average molecular weight is 765 g/mol. The molecule has 1 saturated carbocycles. The summed E-state index contributed by atoms with van der Waals surface area (Å²) in [7, 11) is 0. The molecule has 57 heavy (non-hydrogen) atoms. The number of aromatic amines is 1. The van der Waals surface area contributed by atoms with Gasteiger partial charge in [-0.15, -0.1) is 0 Å². The van der Waals surface area contributed by atoms with Crippen LogP contribution in [0, 0.1) is 6.92 Å². The van der Waals surface area contributed by atoms with Crippen LogP contribution in [-0.2, 0) is 15.0 Å². The van der Waals surface area contributed by atoms with Gasteiger partial charge < -0.3 is 14.8 Å². The molecule has 0 spiro atoms. The highest BCUT2D eigenvalue weighted by Gasteiger charge is 2.38. The largest absolute Gasteiger partial charge is 0.341 e. The Bertz CT molecular complexity index is 2530. The van der Waals surface area contributed by atoms with E-state index < -0.39 is 5.91 Å². The first kappa shape index (κ1) is 36.9. The van der Waals surface area contributed by atoms with Gasteiger partial charge in [-0.25, -0.2) is 9.97 Å². The molecule has 12 nitrogen and oxygen atoms in total. The maximum absolute atomic E-state index is 13.0. The van der Waals surface area contributed by atoms with Crippen LogP contribution in [0.5, 0.6) is 0 Å². The first-order valence-electron chi connectivity index (χ1n) is 20.1. The van der Waals surface area contributed by atoms with Gasteiger partial charge in [0, 0.05) is 40.9 Å². The highest BCUT2D eigenvalue weighted by atomic mass is 16.5. The zero-order valence-corrected chi connectivity index (χ0v) is 33.1. The minimum atomic E-state index is -0.403. The molecule has 3 aromatic heterocycles. The van der Waals surface area contributed by atoms with Gasteiger partial charge in [0.1, 0.15) is 12.0 Å². The molecule has 2 saturated heterocycles. The van der Waals surface area contributed by atoms with Crippen LogP contribution < -0.4 is 10.6 Å². The smallest absolute Gasteiger partial charge is 0.315 e. The highest BCUT2D eigenvalue weighted by molar-refractivity contribution is 6.12. The van der Waals surface area contributed by atoms with E-state index in [1.807, 2.05) is 40.7 Å². The highest BCUT2D eigenvalue weighted by Crippen LogP contribution is 2.44. The molecule has 9 rings (SSSR count). The Morgan fingerprint density at radius 1 is 0.947 bits per heavy atom. The van der Waals surface area contributed by atoms with Crippen molar-refractivity contribution in [3.63, 3.8) is 0 Å². The van der Waals surface area contributed by atoms with Crippen molar-refractivity contribution in [3.05, 3.63) is 107 Å². The van der Waals surface area contributed by atoms with Crippen LogP contribution in [0.1, 0.15) is 128 Å². The van der Waals surface area contributed by atoms with E-state index in [4.69, 9.17) is 9.51 Å². The van der Waals surface area contributed by atoms with E-state index in [1.165, 1.54) is 11.1 Å². The summed E-state index contributed by atoms with van der Waals surface area (Å²) in [6, 6.07) is 21.8. The summed E-state index contributed by atoms with van der Waals surface area (Å²) in [6.07, 6.45) is 6.03. The second-order valence-electron chi connectivity index (χ2n) is 17.3. The maximum atomic E-state index is 13.0. The molecule has 1 aliphatic carbocycles. The van der Waals surface area contributed by atoms with Gasteiger partial charge in [-0.1, -0.05) is 74.5 Å². The van der Waals surface area contributed by atoms with Crippen LogP contribution in [0.2, 0.25) is 0 Å². The fourth-order valence-electron chi connectivity index (χ4n) is 9.05. The molecule has 3 fully saturated rings. The van der Waals surface area contributed by atoms with Gasteiger partial charge in [-0.05, 0) is 97.9 Å². The van der Waals surface area contributed by atoms with Crippen molar-refractivity contribution in [2.45, 2.75) is 102 Å².